The van der Waals surface area contributed by atoms with Crippen LogP contribution in [0.3, 0.4) is 0 Å². The lowest BCUT2D eigenvalue weighted by Gasteiger charge is -2.09. The first-order valence-electron chi connectivity index (χ1n) is 6.70. The van der Waals surface area contributed by atoms with Crippen LogP contribution >= 0.6 is 11.6 Å². The Morgan fingerprint density at radius 1 is 1.21 bits per heavy atom. The zero-order valence-electron chi connectivity index (χ0n) is 12.5. The van der Waals surface area contributed by atoms with Crippen LogP contribution in [-0.2, 0) is 14.8 Å². The van der Waals surface area contributed by atoms with Gasteiger partial charge in [0.25, 0.3) is 0 Å². The Kier molecular flexibility index (Phi) is 5.76. The number of benzene rings is 2. The van der Waals surface area contributed by atoms with E-state index in [9.17, 15) is 17.6 Å². The number of carbonyl (C=O) groups is 1. The van der Waals surface area contributed by atoms with Crippen LogP contribution in [0.2, 0.25) is 5.02 Å². The minimum Gasteiger partial charge on any atom is -0.495 e. The van der Waals surface area contributed by atoms with Gasteiger partial charge >= 0.3 is 0 Å². The largest absolute Gasteiger partial charge is 0.495 e. The fraction of sp³-hybridized carbons (Fsp3) is 0.133. The molecule has 0 radical (unpaired) electrons. The van der Waals surface area contributed by atoms with E-state index in [4.69, 9.17) is 16.3 Å². The van der Waals surface area contributed by atoms with Crippen molar-refractivity contribution in [2.45, 2.75) is 4.90 Å². The molecule has 9 heteroatoms. The molecule has 2 N–H and O–H groups in total. The number of sulfonamides is 1. The van der Waals surface area contributed by atoms with Crippen LogP contribution < -0.4 is 14.8 Å². The molecule has 0 saturated carbocycles. The number of ether oxygens (including phenoxy) is 1. The van der Waals surface area contributed by atoms with Gasteiger partial charge in [0, 0.05) is 5.69 Å². The van der Waals surface area contributed by atoms with Gasteiger partial charge in [-0.3, -0.25) is 4.79 Å². The molecule has 2 aromatic rings. The summed E-state index contributed by atoms with van der Waals surface area (Å²) in [5.41, 5.74) is 0.355. The smallest absolute Gasteiger partial charge is 0.241 e. The minimum absolute atomic E-state index is 0.0946. The van der Waals surface area contributed by atoms with E-state index in [1.165, 1.54) is 49.6 Å². The monoisotopic (exact) mass is 372 g/mol. The third kappa shape index (κ3) is 4.67. The molecule has 0 unspecified atom stereocenters. The van der Waals surface area contributed by atoms with Crippen molar-refractivity contribution in [3.8, 4) is 5.75 Å². The number of nitrogens with one attached hydrogen (secondary N) is 2. The van der Waals surface area contributed by atoms with Gasteiger partial charge in [-0.2, -0.15) is 0 Å². The van der Waals surface area contributed by atoms with Crippen molar-refractivity contribution in [1.82, 2.24) is 4.72 Å². The number of rotatable bonds is 6. The van der Waals surface area contributed by atoms with Gasteiger partial charge in [-0.05, 0) is 42.5 Å². The molecule has 0 fully saturated rings. The Labute approximate surface area is 143 Å². The van der Waals surface area contributed by atoms with Crippen molar-refractivity contribution >= 4 is 33.2 Å². The van der Waals surface area contributed by atoms with Crippen LogP contribution in [0.1, 0.15) is 0 Å². The first-order chi connectivity index (χ1) is 11.3. The first-order valence-corrected chi connectivity index (χ1v) is 8.56. The number of halogens is 2. The van der Waals surface area contributed by atoms with Crippen LogP contribution in [0.5, 0.6) is 5.75 Å². The SMILES string of the molecule is COc1ccc(S(=O)(=O)NCC(=O)Nc2ccc(F)cc2)cc1Cl. The number of amides is 1. The molecule has 24 heavy (non-hydrogen) atoms. The zero-order valence-corrected chi connectivity index (χ0v) is 14.1. The van der Waals surface area contributed by atoms with Gasteiger partial charge in [0.2, 0.25) is 15.9 Å². The summed E-state index contributed by atoms with van der Waals surface area (Å²) in [4.78, 5) is 11.7. The van der Waals surface area contributed by atoms with Crippen LogP contribution in [0, 0.1) is 5.82 Å². The fourth-order valence-corrected chi connectivity index (χ4v) is 3.13. The highest BCUT2D eigenvalue weighted by Gasteiger charge is 2.17. The molecule has 2 aromatic carbocycles. The lowest BCUT2D eigenvalue weighted by molar-refractivity contribution is -0.115. The normalized spacial score (nSPS) is 11.1. The Morgan fingerprint density at radius 3 is 2.46 bits per heavy atom. The van der Waals surface area contributed by atoms with Crippen molar-refractivity contribution in [3.05, 3.63) is 53.3 Å². The lowest BCUT2D eigenvalue weighted by atomic mass is 10.3. The number of anilines is 1. The fourth-order valence-electron chi connectivity index (χ4n) is 1.80. The van der Waals surface area contributed by atoms with E-state index >= 15 is 0 Å². The maximum absolute atomic E-state index is 12.8. The van der Waals surface area contributed by atoms with E-state index < -0.39 is 28.3 Å². The third-order valence-corrected chi connectivity index (χ3v) is 4.68. The number of methoxy groups -OCH3 is 1. The lowest BCUT2D eigenvalue weighted by Crippen LogP contribution is -2.32. The summed E-state index contributed by atoms with van der Waals surface area (Å²) in [5, 5.41) is 2.58. The van der Waals surface area contributed by atoms with E-state index in [1.807, 2.05) is 0 Å². The van der Waals surface area contributed by atoms with Gasteiger partial charge in [0.15, 0.2) is 0 Å². The molecule has 0 heterocycles. The van der Waals surface area contributed by atoms with Crippen LogP contribution in [0.4, 0.5) is 10.1 Å². The third-order valence-electron chi connectivity index (χ3n) is 2.98. The second kappa shape index (κ2) is 7.61. The molecule has 0 spiro atoms. The van der Waals surface area contributed by atoms with Crippen LogP contribution in [-0.4, -0.2) is 28.0 Å². The van der Waals surface area contributed by atoms with Gasteiger partial charge in [-0.15, -0.1) is 0 Å². The second-order valence-electron chi connectivity index (χ2n) is 4.68. The number of carbonyl (C=O) groups excluding carboxylic acids is 1. The topological polar surface area (TPSA) is 84.5 Å². The van der Waals surface area contributed by atoms with E-state index in [0.717, 1.165) is 0 Å². The molecule has 2 rings (SSSR count). The summed E-state index contributed by atoms with van der Waals surface area (Å²) < 4.78 is 44.2. The van der Waals surface area contributed by atoms with Crippen molar-refractivity contribution in [2.75, 3.05) is 19.0 Å². The minimum atomic E-state index is -3.91. The first kappa shape index (κ1) is 18.2. The van der Waals surface area contributed by atoms with Crippen LogP contribution in [0.15, 0.2) is 47.4 Å². The van der Waals surface area contributed by atoms with E-state index in [-0.39, 0.29) is 9.92 Å². The maximum atomic E-state index is 12.8. The van der Waals surface area contributed by atoms with Gasteiger partial charge in [-0.1, -0.05) is 11.6 Å². The van der Waals surface area contributed by atoms with Crippen molar-refractivity contribution in [1.29, 1.82) is 0 Å². The molecule has 0 aliphatic carbocycles. The van der Waals surface area contributed by atoms with Crippen molar-refractivity contribution in [3.63, 3.8) is 0 Å². The number of hydrogen-bond donors (Lipinski definition) is 2. The van der Waals surface area contributed by atoms with E-state index in [2.05, 4.69) is 10.0 Å². The summed E-state index contributed by atoms with van der Waals surface area (Å²) in [6.07, 6.45) is 0. The van der Waals surface area contributed by atoms with Gasteiger partial charge < -0.3 is 10.1 Å². The summed E-state index contributed by atoms with van der Waals surface area (Å²) in [5.74, 6) is -0.695. The summed E-state index contributed by atoms with van der Waals surface area (Å²) in [7, 11) is -2.50. The molecule has 6 nitrogen and oxygen atoms in total. The molecule has 0 aliphatic heterocycles. The van der Waals surface area contributed by atoms with E-state index in [0.29, 0.717) is 11.4 Å². The molecule has 0 atom stereocenters. The Balaban J connectivity index is 2.00. The van der Waals surface area contributed by atoms with Gasteiger partial charge in [0.1, 0.15) is 11.6 Å². The zero-order chi connectivity index (χ0) is 17.7. The highest BCUT2D eigenvalue weighted by molar-refractivity contribution is 7.89. The van der Waals surface area contributed by atoms with Gasteiger partial charge in [0.05, 0.1) is 23.6 Å². The average molecular weight is 373 g/mol. The second-order valence-corrected chi connectivity index (χ2v) is 6.85. The predicted molar refractivity (Wildman–Crippen MR) is 88.2 cm³/mol. The Hall–Kier alpha value is -2.16. The average Bonchev–Trinajstić information content (AvgIpc) is 2.55. The van der Waals surface area contributed by atoms with Gasteiger partial charge in [-0.25, -0.2) is 17.5 Å². The Morgan fingerprint density at radius 2 is 1.88 bits per heavy atom. The summed E-state index contributed by atoms with van der Waals surface area (Å²) in [6, 6.07) is 9.04. The summed E-state index contributed by atoms with van der Waals surface area (Å²) in [6.45, 7) is -0.483. The predicted octanol–water partition coefficient (Wildman–Crippen LogP) is 2.40. The highest BCUT2D eigenvalue weighted by Crippen LogP contribution is 2.26. The molecule has 0 saturated heterocycles. The molecular formula is C15H14ClFN2O4S. The molecule has 1 amide bonds. The van der Waals surface area contributed by atoms with E-state index in [1.54, 1.807) is 0 Å². The molecule has 0 bridgehead atoms. The standard InChI is InChI=1S/C15H14ClFN2O4S/c1-23-14-7-6-12(8-13(14)16)24(21,22)18-9-15(20)19-11-4-2-10(17)3-5-11/h2-8,18H,9H2,1H3,(H,19,20). The van der Waals surface area contributed by atoms with Crippen molar-refractivity contribution < 1.29 is 22.3 Å². The molecule has 0 aromatic heterocycles. The molecule has 128 valence electrons. The van der Waals surface area contributed by atoms with Crippen LogP contribution in [0.25, 0.3) is 0 Å². The quantitative estimate of drug-likeness (QED) is 0.815. The maximum Gasteiger partial charge on any atom is 0.241 e. The Bertz CT molecular complexity index is 841. The molecular weight excluding hydrogens is 359 g/mol. The summed E-state index contributed by atoms with van der Waals surface area (Å²) >= 11 is 5.89. The van der Waals surface area contributed by atoms with Crippen molar-refractivity contribution in [2.24, 2.45) is 0 Å². The molecule has 0 aliphatic rings. The highest BCUT2D eigenvalue weighted by atomic mass is 35.5. The number of hydrogen-bond acceptors (Lipinski definition) is 4.